The summed E-state index contributed by atoms with van der Waals surface area (Å²) in [5.41, 5.74) is 1.39. The molecule has 1 aliphatic heterocycles. The molecule has 120 valence electrons. The second-order valence-electron chi connectivity index (χ2n) is 6.89. The molecule has 22 heavy (non-hydrogen) atoms. The van der Waals surface area contributed by atoms with Crippen LogP contribution in [0.25, 0.3) is 0 Å². The average molecular weight is 322 g/mol. The van der Waals surface area contributed by atoms with Gasteiger partial charge in [-0.25, -0.2) is 0 Å². The lowest BCUT2D eigenvalue weighted by Gasteiger charge is -2.27. The van der Waals surface area contributed by atoms with E-state index < -0.39 is 0 Å². The van der Waals surface area contributed by atoms with E-state index in [1.165, 1.54) is 24.9 Å². The Bertz CT molecular complexity index is 517. The van der Waals surface area contributed by atoms with Crippen LogP contribution in [0.3, 0.4) is 0 Å². The number of nitrogens with zero attached hydrogens (tertiary/aromatic N) is 1. The van der Waals surface area contributed by atoms with E-state index in [1.54, 1.807) is 0 Å². The topological polar surface area (TPSA) is 29.5 Å². The normalized spacial score (nSPS) is 30.1. The van der Waals surface area contributed by atoms with Gasteiger partial charge < -0.3 is 4.74 Å². The van der Waals surface area contributed by atoms with Crippen LogP contribution in [0.1, 0.15) is 31.2 Å². The van der Waals surface area contributed by atoms with Gasteiger partial charge in [0.05, 0.1) is 12.5 Å². The molecule has 3 nitrogen and oxygen atoms in total. The number of likely N-dealkylation sites (tertiary alicyclic amines) is 1. The zero-order valence-corrected chi connectivity index (χ0v) is 13.6. The van der Waals surface area contributed by atoms with Crippen molar-refractivity contribution in [3.8, 4) is 0 Å². The maximum absolute atomic E-state index is 11.7. The van der Waals surface area contributed by atoms with Gasteiger partial charge in [0.15, 0.2) is 0 Å². The van der Waals surface area contributed by atoms with Gasteiger partial charge in [-0.05, 0) is 37.2 Å². The molecular formula is C18H24ClNO2. The number of rotatable bonds is 5. The highest BCUT2D eigenvalue weighted by atomic mass is 35.5. The van der Waals surface area contributed by atoms with Gasteiger partial charge in [0, 0.05) is 25.0 Å². The van der Waals surface area contributed by atoms with Gasteiger partial charge in [0.25, 0.3) is 0 Å². The van der Waals surface area contributed by atoms with Crippen LogP contribution in [0, 0.1) is 17.8 Å². The third-order valence-electron chi connectivity index (χ3n) is 5.43. The van der Waals surface area contributed by atoms with Crippen molar-refractivity contribution in [2.24, 2.45) is 17.8 Å². The first-order chi connectivity index (χ1) is 10.3. The van der Waals surface area contributed by atoms with Crippen molar-refractivity contribution in [2.45, 2.75) is 38.3 Å². The summed E-state index contributed by atoms with van der Waals surface area (Å²) >= 11 is 0. The number of benzene rings is 1. The summed E-state index contributed by atoms with van der Waals surface area (Å²) in [6.45, 7) is 2.86. The second kappa shape index (κ2) is 6.59. The molecule has 3 aliphatic rings. The Morgan fingerprint density at radius 2 is 1.91 bits per heavy atom. The van der Waals surface area contributed by atoms with Crippen LogP contribution in [0.5, 0.6) is 0 Å². The molecule has 0 amide bonds. The highest BCUT2D eigenvalue weighted by molar-refractivity contribution is 5.85. The zero-order chi connectivity index (χ0) is 14.2. The smallest absolute Gasteiger partial charge is 0.308 e. The Kier molecular flexibility index (Phi) is 4.74. The molecular weight excluding hydrogens is 298 g/mol. The maximum Gasteiger partial charge on any atom is 0.308 e. The maximum atomic E-state index is 11.7. The predicted octanol–water partition coefficient (Wildman–Crippen LogP) is 3.27. The first-order valence-corrected chi connectivity index (χ1v) is 8.26. The Labute approximate surface area is 138 Å². The van der Waals surface area contributed by atoms with Crippen LogP contribution in [0.2, 0.25) is 0 Å². The van der Waals surface area contributed by atoms with Gasteiger partial charge in [0.1, 0.15) is 0 Å². The molecule has 4 heteroatoms. The molecule has 1 aromatic rings. The lowest BCUT2D eigenvalue weighted by Crippen LogP contribution is -2.33. The Morgan fingerprint density at radius 1 is 1.14 bits per heavy atom. The van der Waals surface area contributed by atoms with Crippen molar-refractivity contribution in [3.63, 3.8) is 0 Å². The van der Waals surface area contributed by atoms with Gasteiger partial charge in [-0.3, -0.25) is 9.69 Å². The fraction of sp³-hybridized carbons (Fsp3) is 0.611. The van der Waals surface area contributed by atoms with E-state index in [-0.39, 0.29) is 24.3 Å². The number of hydrogen-bond acceptors (Lipinski definition) is 3. The third-order valence-corrected chi connectivity index (χ3v) is 5.43. The zero-order valence-electron chi connectivity index (χ0n) is 12.8. The van der Waals surface area contributed by atoms with Gasteiger partial charge >= 0.3 is 5.97 Å². The monoisotopic (exact) mass is 321 g/mol. The summed E-state index contributed by atoms with van der Waals surface area (Å²) < 4.78 is 5.56. The van der Waals surface area contributed by atoms with E-state index in [0.29, 0.717) is 18.6 Å². The standard InChI is InChI=1S/C18H23NO2.ClH/c20-18(14-6-7-14)21-12-16-15-8-9-17(16)19(11-15)10-13-4-2-1-3-5-13;/h1-5,14-17H,6-12H2;1H. The molecule has 0 spiro atoms. The van der Waals surface area contributed by atoms with Crippen LogP contribution in [-0.2, 0) is 16.1 Å². The highest BCUT2D eigenvalue weighted by Crippen LogP contribution is 2.43. The number of hydrogen-bond donors (Lipinski definition) is 0. The highest BCUT2D eigenvalue weighted by Gasteiger charge is 2.47. The van der Waals surface area contributed by atoms with Crippen molar-refractivity contribution in [3.05, 3.63) is 35.9 Å². The third kappa shape index (κ3) is 3.16. The van der Waals surface area contributed by atoms with Crippen molar-refractivity contribution in [2.75, 3.05) is 13.2 Å². The van der Waals surface area contributed by atoms with Gasteiger partial charge in [-0.15, -0.1) is 12.4 Å². The number of piperidine rings is 1. The average Bonchev–Trinajstić information content (AvgIpc) is 3.23. The quantitative estimate of drug-likeness (QED) is 0.780. The first-order valence-electron chi connectivity index (χ1n) is 8.26. The summed E-state index contributed by atoms with van der Waals surface area (Å²) in [5, 5.41) is 0. The van der Waals surface area contributed by atoms with E-state index >= 15 is 0 Å². The molecule has 0 aromatic heterocycles. The summed E-state index contributed by atoms with van der Waals surface area (Å²) in [6.07, 6.45) is 4.65. The van der Waals surface area contributed by atoms with Crippen LogP contribution < -0.4 is 0 Å². The molecule has 2 aliphatic carbocycles. The molecule has 3 unspecified atom stereocenters. The van der Waals surface area contributed by atoms with Gasteiger partial charge in [0.2, 0.25) is 0 Å². The lowest BCUT2D eigenvalue weighted by molar-refractivity contribution is -0.146. The van der Waals surface area contributed by atoms with E-state index in [2.05, 4.69) is 35.2 Å². The lowest BCUT2D eigenvalue weighted by atomic mass is 9.99. The van der Waals surface area contributed by atoms with Crippen LogP contribution in [0.15, 0.2) is 30.3 Å². The Balaban J connectivity index is 0.00000144. The number of esters is 1. The Hall–Kier alpha value is -1.06. The summed E-state index contributed by atoms with van der Waals surface area (Å²) in [7, 11) is 0. The minimum Gasteiger partial charge on any atom is -0.465 e. The fourth-order valence-corrected chi connectivity index (χ4v) is 4.11. The summed E-state index contributed by atoms with van der Waals surface area (Å²) in [4.78, 5) is 14.3. The summed E-state index contributed by atoms with van der Waals surface area (Å²) in [6, 6.07) is 11.3. The molecule has 4 rings (SSSR count). The van der Waals surface area contributed by atoms with Gasteiger partial charge in [-0.2, -0.15) is 0 Å². The van der Waals surface area contributed by atoms with Crippen molar-refractivity contribution >= 4 is 18.4 Å². The molecule has 3 fully saturated rings. The summed E-state index contributed by atoms with van der Waals surface area (Å²) in [5.74, 6) is 1.57. The number of halogens is 1. The van der Waals surface area contributed by atoms with Crippen molar-refractivity contribution < 1.29 is 9.53 Å². The molecule has 3 atom stereocenters. The Morgan fingerprint density at radius 3 is 2.64 bits per heavy atom. The minimum absolute atomic E-state index is 0. The van der Waals surface area contributed by atoms with Crippen molar-refractivity contribution in [1.29, 1.82) is 0 Å². The second-order valence-corrected chi connectivity index (χ2v) is 6.89. The van der Waals surface area contributed by atoms with Crippen LogP contribution in [-0.4, -0.2) is 30.1 Å². The fourth-order valence-electron chi connectivity index (χ4n) is 4.11. The van der Waals surface area contributed by atoms with E-state index in [4.69, 9.17) is 4.74 Å². The molecule has 1 heterocycles. The first kappa shape index (κ1) is 15.8. The molecule has 1 saturated heterocycles. The van der Waals surface area contributed by atoms with Gasteiger partial charge in [-0.1, -0.05) is 30.3 Å². The number of fused-ring (bicyclic) bond motifs is 2. The number of carbonyl (C=O) groups is 1. The SMILES string of the molecule is Cl.O=C(OCC1C2CCC1N(Cc1ccccc1)C2)C1CC1. The molecule has 0 radical (unpaired) electrons. The van der Waals surface area contributed by atoms with E-state index in [0.717, 1.165) is 25.3 Å². The molecule has 0 N–H and O–H groups in total. The van der Waals surface area contributed by atoms with E-state index in [1.807, 2.05) is 0 Å². The molecule has 1 aromatic carbocycles. The minimum atomic E-state index is 0. The number of carbonyl (C=O) groups excluding carboxylic acids is 1. The van der Waals surface area contributed by atoms with Crippen LogP contribution in [0.4, 0.5) is 0 Å². The largest absolute Gasteiger partial charge is 0.465 e. The van der Waals surface area contributed by atoms with Crippen molar-refractivity contribution in [1.82, 2.24) is 4.90 Å². The van der Waals surface area contributed by atoms with Crippen LogP contribution >= 0.6 is 12.4 Å². The van der Waals surface area contributed by atoms with E-state index in [9.17, 15) is 4.79 Å². The molecule has 2 saturated carbocycles. The molecule has 2 bridgehead atoms. The predicted molar refractivity (Wildman–Crippen MR) is 87.8 cm³/mol. The number of ether oxygens (including phenoxy) is 1.